The van der Waals surface area contributed by atoms with Crippen LogP contribution in [-0.2, 0) is 13.1 Å². The summed E-state index contributed by atoms with van der Waals surface area (Å²) in [7, 11) is 2.10. The molecule has 0 fully saturated rings. The van der Waals surface area contributed by atoms with Crippen LogP contribution in [0.2, 0.25) is 5.02 Å². The first kappa shape index (κ1) is 14.9. The van der Waals surface area contributed by atoms with Gasteiger partial charge in [-0.15, -0.1) is 0 Å². The first-order valence-corrected chi connectivity index (χ1v) is 7.32. The van der Waals surface area contributed by atoms with Crippen molar-refractivity contribution < 1.29 is 0 Å². The van der Waals surface area contributed by atoms with E-state index in [2.05, 4.69) is 54.5 Å². The molecule has 106 valence electrons. The van der Waals surface area contributed by atoms with Gasteiger partial charge in [0.05, 0.1) is 0 Å². The molecular formula is C17H21ClN2. The Kier molecular flexibility index (Phi) is 5.45. The van der Waals surface area contributed by atoms with Crippen molar-refractivity contribution in [2.24, 2.45) is 0 Å². The van der Waals surface area contributed by atoms with Crippen molar-refractivity contribution in [2.45, 2.75) is 20.0 Å². The lowest BCUT2D eigenvalue weighted by Gasteiger charge is -2.20. The minimum absolute atomic E-state index is 0.789. The van der Waals surface area contributed by atoms with Crippen molar-refractivity contribution in [3.63, 3.8) is 0 Å². The van der Waals surface area contributed by atoms with Crippen LogP contribution in [0.25, 0.3) is 0 Å². The van der Waals surface area contributed by atoms with Gasteiger partial charge in [0.2, 0.25) is 0 Å². The second-order valence-corrected chi connectivity index (χ2v) is 5.37. The largest absolute Gasteiger partial charge is 0.370 e. The van der Waals surface area contributed by atoms with Gasteiger partial charge in [0.15, 0.2) is 0 Å². The van der Waals surface area contributed by atoms with E-state index in [-0.39, 0.29) is 0 Å². The lowest BCUT2D eigenvalue weighted by molar-refractivity contribution is 0.726. The van der Waals surface area contributed by atoms with Crippen molar-refractivity contribution in [1.82, 2.24) is 5.32 Å². The van der Waals surface area contributed by atoms with E-state index in [4.69, 9.17) is 11.6 Å². The van der Waals surface area contributed by atoms with Gasteiger partial charge in [-0.05, 0) is 41.9 Å². The number of nitrogens with zero attached hydrogens (tertiary/aromatic N) is 1. The molecule has 0 bridgehead atoms. The van der Waals surface area contributed by atoms with Gasteiger partial charge in [-0.3, -0.25) is 0 Å². The summed E-state index contributed by atoms with van der Waals surface area (Å²) >= 11 is 6.02. The minimum atomic E-state index is 0.789. The molecule has 2 rings (SSSR count). The van der Waals surface area contributed by atoms with Crippen LogP contribution in [0.5, 0.6) is 0 Å². The third-order valence-corrected chi connectivity index (χ3v) is 3.50. The fourth-order valence-electron chi connectivity index (χ4n) is 2.14. The van der Waals surface area contributed by atoms with Gasteiger partial charge >= 0.3 is 0 Å². The summed E-state index contributed by atoms with van der Waals surface area (Å²) in [6.07, 6.45) is 0. The standard InChI is InChI=1S/C17H21ClN2/c1-3-19-12-14-7-9-17(10-8-14)20(2)13-15-5-4-6-16(18)11-15/h4-11,19H,3,12-13H2,1-2H3. The number of hydrogen-bond acceptors (Lipinski definition) is 2. The zero-order chi connectivity index (χ0) is 14.4. The summed E-state index contributed by atoms with van der Waals surface area (Å²) in [5.74, 6) is 0. The summed E-state index contributed by atoms with van der Waals surface area (Å²) in [4.78, 5) is 2.22. The predicted molar refractivity (Wildman–Crippen MR) is 87.4 cm³/mol. The Bertz CT molecular complexity index is 537. The molecule has 0 amide bonds. The first-order chi connectivity index (χ1) is 9.69. The van der Waals surface area contributed by atoms with Gasteiger partial charge in [0.25, 0.3) is 0 Å². The lowest BCUT2D eigenvalue weighted by Crippen LogP contribution is -2.16. The highest BCUT2D eigenvalue weighted by atomic mass is 35.5. The number of anilines is 1. The summed E-state index contributed by atoms with van der Waals surface area (Å²) < 4.78 is 0. The van der Waals surface area contributed by atoms with Crippen molar-refractivity contribution in [2.75, 3.05) is 18.5 Å². The number of halogens is 1. The molecule has 0 aliphatic carbocycles. The fraction of sp³-hybridized carbons (Fsp3) is 0.294. The van der Waals surface area contributed by atoms with Crippen molar-refractivity contribution >= 4 is 17.3 Å². The molecule has 0 spiro atoms. The van der Waals surface area contributed by atoms with Gasteiger partial charge in [-0.1, -0.05) is 42.8 Å². The maximum absolute atomic E-state index is 6.02. The average Bonchev–Trinajstić information content (AvgIpc) is 2.45. The molecule has 2 aromatic rings. The quantitative estimate of drug-likeness (QED) is 0.861. The van der Waals surface area contributed by atoms with Crippen LogP contribution in [0.3, 0.4) is 0 Å². The van der Waals surface area contributed by atoms with E-state index in [9.17, 15) is 0 Å². The molecule has 0 heterocycles. The summed E-state index contributed by atoms with van der Waals surface area (Å²) in [6.45, 7) is 4.89. The molecule has 3 heteroatoms. The molecule has 0 aliphatic heterocycles. The molecular weight excluding hydrogens is 268 g/mol. The van der Waals surface area contributed by atoms with Crippen LogP contribution in [0.4, 0.5) is 5.69 Å². The molecule has 1 N–H and O–H groups in total. The highest BCUT2D eigenvalue weighted by Crippen LogP contribution is 2.18. The minimum Gasteiger partial charge on any atom is -0.370 e. The van der Waals surface area contributed by atoms with Gasteiger partial charge in [0, 0.05) is 30.8 Å². The third kappa shape index (κ3) is 4.26. The summed E-state index contributed by atoms with van der Waals surface area (Å²) in [5.41, 5.74) is 3.74. The van der Waals surface area contributed by atoms with E-state index >= 15 is 0 Å². The van der Waals surface area contributed by atoms with Gasteiger partial charge in [0.1, 0.15) is 0 Å². The smallest absolute Gasteiger partial charge is 0.0426 e. The first-order valence-electron chi connectivity index (χ1n) is 6.94. The molecule has 20 heavy (non-hydrogen) atoms. The van der Waals surface area contributed by atoms with Crippen LogP contribution in [-0.4, -0.2) is 13.6 Å². The summed E-state index contributed by atoms with van der Waals surface area (Å²) in [5, 5.41) is 4.12. The Hall–Kier alpha value is -1.51. The van der Waals surface area contributed by atoms with Crippen molar-refractivity contribution in [1.29, 1.82) is 0 Å². The Morgan fingerprint density at radius 1 is 1.05 bits per heavy atom. The molecule has 0 aromatic heterocycles. The number of benzene rings is 2. The molecule has 2 aromatic carbocycles. The van der Waals surface area contributed by atoms with E-state index in [1.165, 1.54) is 16.8 Å². The Balaban J connectivity index is 2.00. The predicted octanol–water partition coefficient (Wildman–Crippen LogP) is 4.09. The van der Waals surface area contributed by atoms with Crippen LogP contribution in [0, 0.1) is 0 Å². The van der Waals surface area contributed by atoms with Crippen LogP contribution in [0.15, 0.2) is 48.5 Å². The third-order valence-electron chi connectivity index (χ3n) is 3.27. The van der Waals surface area contributed by atoms with Gasteiger partial charge < -0.3 is 10.2 Å². The molecule has 0 radical (unpaired) electrons. The summed E-state index contributed by atoms with van der Waals surface area (Å²) in [6, 6.07) is 16.7. The lowest BCUT2D eigenvalue weighted by atomic mass is 10.1. The Labute approximate surface area is 126 Å². The maximum atomic E-state index is 6.02. The zero-order valence-electron chi connectivity index (χ0n) is 12.1. The second-order valence-electron chi connectivity index (χ2n) is 4.93. The molecule has 0 atom stereocenters. The van der Waals surface area contributed by atoms with Crippen LogP contribution in [0.1, 0.15) is 18.1 Å². The molecule has 0 aliphatic rings. The second kappa shape index (κ2) is 7.32. The van der Waals surface area contributed by atoms with Crippen molar-refractivity contribution in [3.8, 4) is 0 Å². The fourth-order valence-corrected chi connectivity index (χ4v) is 2.35. The molecule has 0 saturated heterocycles. The van der Waals surface area contributed by atoms with Crippen molar-refractivity contribution in [3.05, 3.63) is 64.7 Å². The number of rotatable bonds is 6. The number of hydrogen-bond donors (Lipinski definition) is 1. The monoisotopic (exact) mass is 288 g/mol. The normalized spacial score (nSPS) is 10.6. The highest BCUT2D eigenvalue weighted by Gasteiger charge is 2.03. The molecule has 0 unspecified atom stereocenters. The van der Waals surface area contributed by atoms with Crippen LogP contribution < -0.4 is 10.2 Å². The highest BCUT2D eigenvalue weighted by molar-refractivity contribution is 6.30. The van der Waals surface area contributed by atoms with E-state index in [0.717, 1.165) is 24.7 Å². The Morgan fingerprint density at radius 3 is 2.45 bits per heavy atom. The van der Waals surface area contributed by atoms with Gasteiger partial charge in [-0.2, -0.15) is 0 Å². The van der Waals surface area contributed by atoms with E-state index in [1.807, 2.05) is 18.2 Å². The SMILES string of the molecule is CCNCc1ccc(N(C)Cc2cccc(Cl)c2)cc1. The van der Waals surface area contributed by atoms with E-state index in [1.54, 1.807) is 0 Å². The molecule has 0 saturated carbocycles. The van der Waals surface area contributed by atoms with Gasteiger partial charge in [-0.25, -0.2) is 0 Å². The topological polar surface area (TPSA) is 15.3 Å². The van der Waals surface area contributed by atoms with Crippen LogP contribution >= 0.6 is 11.6 Å². The average molecular weight is 289 g/mol. The van der Waals surface area contributed by atoms with E-state index in [0.29, 0.717) is 0 Å². The Morgan fingerprint density at radius 2 is 1.80 bits per heavy atom. The zero-order valence-corrected chi connectivity index (χ0v) is 12.8. The maximum Gasteiger partial charge on any atom is 0.0426 e. The number of nitrogens with one attached hydrogen (secondary N) is 1. The van der Waals surface area contributed by atoms with E-state index < -0.39 is 0 Å². The molecule has 2 nitrogen and oxygen atoms in total.